The first-order chi connectivity index (χ1) is 37.2. The number of fused-ring (bicyclic) bond motifs is 4. The minimum atomic E-state index is -1.17. The molecule has 13 rings (SSSR count). The highest BCUT2D eigenvalue weighted by Crippen LogP contribution is 2.47. The molecule has 6 atom stereocenters. The fourth-order valence-corrected chi connectivity index (χ4v) is 14.1. The first-order valence-electron chi connectivity index (χ1n) is 28.2. The number of hydrogen-bond acceptors (Lipinski definition) is 17. The zero-order valence-corrected chi connectivity index (χ0v) is 46.1. The third kappa shape index (κ3) is 10.2. The number of piperazine rings is 1. The minimum Gasteiger partial charge on any atom is -0.464 e. The molecule has 19 nitrogen and oxygen atoms in total. The molecule has 0 unspecified atom stereocenters. The van der Waals surface area contributed by atoms with Crippen molar-refractivity contribution in [1.82, 2.24) is 40.1 Å². The zero-order valence-electron chi connectivity index (χ0n) is 45.3. The number of cyclic esters (lactones) is 1. The van der Waals surface area contributed by atoms with Crippen LogP contribution < -0.4 is 15.6 Å². The number of aromatic nitrogens is 3. The first-order valence-corrected chi connectivity index (χ1v) is 29.1. The molecule has 8 bridgehead atoms. The van der Waals surface area contributed by atoms with Gasteiger partial charge in [0.05, 0.1) is 80.3 Å². The number of methoxy groups -OCH3 is 1. The lowest BCUT2D eigenvalue weighted by Crippen LogP contribution is -2.73. The Bertz CT molecular complexity index is 2820. The molecule has 1 aromatic carbocycles. The maximum Gasteiger partial charge on any atom is 0.325 e. The van der Waals surface area contributed by atoms with E-state index in [0.717, 1.165) is 83.7 Å². The lowest BCUT2D eigenvalue weighted by atomic mass is 9.73. The molecule has 8 fully saturated rings. The van der Waals surface area contributed by atoms with E-state index in [2.05, 4.69) is 63.2 Å². The first kappa shape index (κ1) is 53.1. The van der Waals surface area contributed by atoms with Crippen LogP contribution in [0.4, 0.5) is 5.69 Å². The number of nitrogens with one attached hydrogen (secondary N) is 2. The van der Waals surface area contributed by atoms with Crippen molar-refractivity contribution in [3.05, 3.63) is 52.1 Å². The van der Waals surface area contributed by atoms with Crippen LogP contribution >= 0.6 is 11.3 Å². The molecule has 7 aliphatic heterocycles. The molecule has 20 heteroatoms. The van der Waals surface area contributed by atoms with Crippen LogP contribution in [0.1, 0.15) is 94.6 Å². The van der Waals surface area contributed by atoms with Crippen LogP contribution in [-0.4, -0.2) is 186 Å². The highest BCUT2D eigenvalue weighted by atomic mass is 32.1. The van der Waals surface area contributed by atoms with E-state index >= 15 is 4.79 Å². The Morgan fingerprint density at radius 3 is 2.47 bits per heavy atom. The molecule has 0 spiro atoms. The Hall–Kier alpha value is -4.61. The Morgan fingerprint density at radius 2 is 1.78 bits per heavy atom. The molecular formula is C57H77N9O10S. The van der Waals surface area contributed by atoms with Gasteiger partial charge < -0.3 is 48.7 Å². The van der Waals surface area contributed by atoms with Gasteiger partial charge in [0.1, 0.15) is 23.2 Å². The number of amides is 2. The topological polar surface area (TPSA) is 206 Å². The lowest BCUT2D eigenvalue weighted by molar-refractivity contribution is -0.175. The second-order valence-corrected chi connectivity index (χ2v) is 25.1. The number of rotatable bonds is 14. The Kier molecular flexibility index (Phi) is 14.8. The van der Waals surface area contributed by atoms with Gasteiger partial charge in [-0.05, 0) is 81.5 Å². The third-order valence-electron chi connectivity index (χ3n) is 18.1. The summed E-state index contributed by atoms with van der Waals surface area (Å²) in [4.78, 5) is 61.9. The van der Waals surface area contributed by atoms with E-state index in [1.807, 2.05) is 30.3 Å². The van der Waals surface area contributed by atoms with Crippen LogP contribution in [0.25, 0.3) is 33.4 Å². The summed E-state index contributed by atoms with van der Waals surface area (Å²) in [6.45, 7) is 15.1. The van der Waals surface area contributed by atoms with Gasteiger partial charge in [-0.2, -0.15) is 0 Å². The molecule has 3 aromatic heterocycles. The highest BCUT2D eigenvalue weighted by molar-refractivity contribution is 7.10. The average Bonchev–Trinajstić information content (AvgIpc) is 4.29. The van der Waals surface area contributed by atoms with Crippen LogP contribution in [0.5, 0.6) is 0 Å². The molecule has 10 heterocycles. The van der Waals surface area contributed by atoms with Crippen molar-refractivity contribution in [1.29, 1.82) is 0 Å². The monoisotopic (exact) mass is 1080 g/mol. The average molecular weight is 1080 g/mol. The van der Waals surface area contributed by atoms with E-state index in [1.54, 1.807) is 12.1 Å². The van der Waals surface area contributed by atoms with Crippen LogP contribution in [0.15, 0.2) is 35.8 Å². The molecule has 416 valence electrons. The van der Waals surface area contributed by atoms with Crippen molar-refractivity contribution in [2.75, 3.05) is 97.5 Å². The van der Waals surface area contributed by atoms with Crippen molar-refractivity contribution >= 4 is 45.7 Å². The van der Waals surface area contributed by atoms with Gasteiger partial charge in [-0.3, -0.25) is 34.2 Å². The van der Waals surface area contributed by atoms with Gasteiger partial charge >= 0.3 is 5.97 Å². The van der Waals surface area contributed by atoms with Crippen molar-refractivity contribution in [2.24, 2.45) is 22.7 Å². The molecule has 9 aliphatic rings. The summed E-state index contributed by atoms with van der Waals surface area (Å²) < 4.78 is 33.0. The number of thiazole rings is 1. The maximum atomic E-state index is 15.4. The molecule has 2 saturated carbocycles. The largest absolute Gasteiger partial charge is 0.464 e. The van der Waals surface area contributed by atoms with Gasteiger partial charge in [0.2, 0.25) is 5.91 Å². The number of nitrogens with zero attached hydrogens (tertiary/aromatic N) is 7. The predicted octanol–water partition coefficient (Wildman–Crippen LogP) is 4.48. The quantitative estimate of drug-likeness (QED) is 0.129. The number of ether oxygens (including phenoxy) is 5. The van der Waals surface area contributed by atoms with Gasteiger partial charge in [-0.25, -0.2) is 10.4 Å². The van der Waals surface area contributed by atoms with Crippen LogP contribution in [0.2, 0.25) is 0 Å². The lowest BCUT2D eigenvalue weighted by Gasteiger charge is -2.55. The fourth-order valence-electron chi connectivity index (χ4n) is 13.1. The van der Waals surface area contributed by atoms with E-state index in [-0.39, 0.29) is 63.0 Å². The number of benzene rings is 1. The van der Waals surface area contributed by atoms with Crippen molar-refractivity contribution in [3.63, 3.8) is 0 Å². The molecule has 6 saturated heterocycles. The summed E-state index contributed by atoms with van der Waals surface area (Å²) in [5.41, 5.74) is 9.50. The summed E-state index contributed by atoms with van der Waals surface area (Å²) in [5.74, 6) is -1.31. The summed E-state index contributed by atoms with van der Waals surface area (Å²) in [5, 5.41) is 29.4. The van der Waals surface area contributed by atoms with Gasteiger partial charge in [-0.1, -0.05) is 26.8 Å². The van der Waals surface area contributed by atoms with E-state index in [4.69, 9.17) is 33.7 Å². The number of anilines is 1. The van der Waals surface area contributed by atoms with Gasteiger partial charge in [0.25, 0.3) is 5.91 Å². The molecular weight excluding hydrogens is 1000 g/mol. The Balaban J connectivity index is 1.01. The van der Waals surface area contributed by atoms with Crippen LogP contribution in [-0.2, 0) is 51.0 Å². The molecule has 4 aromatic rings. The second-order valence-electron chi connectivity index (χ2n) is 24.3. The highest BCUT2D eigenvalue weighted by Gasteiger charge is 2.55. The van der Waals surface area contributed by atoms with Crippen molar-refractivity contribution in [2.45, 2.75) is 128 Å². The molecule has 77 heavy (non-hydrogen) atoms. The minimum absolute atomic E-state index is 0.0334. The second kappa shape index (κ2) is 21.5. The van der Waals surface area contributed by atoms with Gasteiger partial charge in [0.15, 0.2) is 0 Å². The molecule has 2 amide bonds. The summed E-state index contributed by atoms with van der Waals surface area (Å²) in [7, 11) is 1.73. The Morgan fingerprint density at radius 1 is 1.01 bits per heavy atom. The van der Waals surface area contributed by atoms with Gasteiger partial charge in [0, 0.05) is 122 Å². The maximum absolute atomic E-state index is 15.4. The summed E-state index contributed by atoms with van der Waals surface area (Å²) >= 11 is 1.41. The number of hydrazine groups is 1. The number of aliphatic hydroxyl groups is 2. The number of esters is 1. The molecule has 4 N–H and O–H groups in total. The normalized spacial score (nSPS) is 29.3. The number of likely N-dealkylation sites (tertiary alicyclic amines) is 1. The summed E-state index contributed by atoms with van der Waals surface area (Å²) in [6, 6.07) is 6.57. The number of carbonyl (C=O) groups excluding carboxylic acids is 3. The summed E-state index contributed by atoms with van der Waals surface area (Å²) in [6.07, 6.45) is 7.04. The van der Waals surface area contributed by atoms with Crippen molar-refractivity contribution < 1.29 is 48.3 Å². The predicted molar refractivity (Wildman–Crippen MR) is 289 cm³/mol. The van der Waals surface area contributed by atoms with Crippen LogP contribution in [0, 0.1) is 22.7 Å². The SMILES string of the molecule is CO[C@@H](C)c1ncc(N2CCN(C3CC3)CC2)cc1-c1c2c3cc(ccc3n1CCOC1CCOCC1)-c1csc(n1)[C@@H](N1CC(CO)(CO)C1)[C@H](NC(=O)[C@@H]1OC[C@@H]1C)C(=O)N1N[C@H](C(=O)OCC(C)(C)C2)C2CC1C2. The van der Waals surface area contributed by atoms with E-state index < -0.39 is 52.8 Å². The number of hydrogen-bond donors (Lipinski definition) is 4. The van der Waals surface area contributed by atoms with Crippen molar-refractivity contribution in [3.8, 4) is 22.5 Å². The zero-order chi connectivity index (χ0) is 53.3. The van der Waals surface area contributed by atoms with E-state index in [9.17, 15) is 19.8 Å². The third-order valence-corrected chi connectivity index (χ3v) is 19.0. The number of carbonyl (C=O) groups is 3. The van der Waals surface area contributed by atoms with Crippen LogP contribution in [0.3, 0.4) is 0 Å². The molecule has 2 aliphatic carbocycles. The standard InChI is InChI=1S/C57H77N9O10S/c1-33-26-75-51(33)52(69)60-48-50(64-28-57(29-64,30-67)31-68)53-59-44(27-77-53)35-6-9-45-41(22-35)43(24-56(3,4)32-76-55(71)47-36-20-38(21-36)66(61-47)54(48)70)49(65(45)16-19-74-40-10-17-73-18-11-40)42-23-39(25-58-46(42)34(2)72-5)63-14-12-62(13-15-63)37-7-8-37/h6,9,22-23,25,27,33-34,36-38,40,47-48,50-51,61,67-68H,7-8,10-21,24,26,28-32H2,1-5H3,(H,60,69)/t33-,34-,36?,38?,47-,48-,50-,51+/m0/s1. The van der Waals surface area contributed by atoms with E-state index in [1.165, 1.54) is 24.2 Å². The van der Waals surface area contributed by atoms with E-state index in [0.29, 0.717) is 69.0 Å². The fraction of sp³-hybridized carbons (Fsp3) is 0.667. The number of aliphatic hydroxyl groups excluding tert-OH is 2. The number of pyridine rings is 1. The van der Waals surface area contributed by atoms with Gasteiger partial charge in [-0.15, -0.1) is 11.3 Å². The molecule has 0 radical (unpaired) electrons. The Labute approximate surface area is 454 Å². The smallest absolute Gasteiger partial charge is 0.325 e.